The van der Waals surface area contributed by atoms with Crippen molar-refractivity contribution >= 4 is 5.97 Å². The Morgan fingerprint density at radius 3 is 3.00 bits per heavy atom. The smallest absolute Gasteiger partial charge is 0.339 e. The molecular formula is C10H14O4. The molecule has 1 aliphatic heterocycles. The van der Waals surface area contributed by atoms with Crippen LogP contribution in [-0.4, -0.2) is 34.0 Å². The maximum absolute atomic E-state index is 11.4. The van der Waals surface area contributed by atoms with E-state index in [2.05, 4.69) is 6.58 Å². The zero-order valence-electron chi connectivity index (χ0n) is 7.85. The Hall–Kier alpha value is -0.870. The van der Waals surface area contributed by atoms with Gasteiger partial charge in [-0.3, -0.25) is 0 Å². The third kappa shape index (κ3) is 1.18. The van der Waals surface area contributed by atoms with Crippen LogP contribution in [0.25, 0.3) is 0 Å². The second-order valence-electron chi connectivity index (χ2n) is 4.09. The van der Waals surface area contributed by atoms with Crippen LogP contribution in [0.3, 0.4) is 0 Å². The quantitative estimate of drug-likeness (QED) is 0.484. The zero-order chi connectivity index (χ0) is 10.3. The van der Waals surface area contributed by atoms with E-state index < -0.39 is 17.7 Å². The molecule has 14 heavy (non-hydrogen) atoms. The SMILES string of the molecule is C=CCC1(O)C(=O)OC2CC(O)CC21. The normalized spacial score (nSPS) is 46.1. The lowest BCUT2D eigenvalue weighted by Crippen LogP contribution is -2.40. The summed E-state index contributed by atoms with van der Waals surface area (Å²) in [5, 5.41) is 19.5. The number of esters is 1. The highest BCUT2D eigenvalue weighted by atomic mass is 16.6. The Balaban J connectivity index is 2.23. The molecule has 78 valence electrons. The van der Waals surface area contributed by atoms with Crippen LogP contribution in [0.5, 0.6) is 0 Å². The van der Waals surface area contributed by atoms with Crippen molar-refractivity contribution in [3.63, 3.8) is 0 Å². The van der Waals surface area contributed by atoms with E-state index in [9.17, 15) is 15.0 Å². The van der Waals surface area contributed by atoms with Gasteiger partial charge in [0.15, 0.2) is 5.60 Å². The van der Waals surface area contributed by atoms with E-state index in [0.717, 1.165) is 0 Å². The summed E-state index contributed by atoms with van der Waals surface area (Å²) in [7, 11) is 0. The fourth-order valence-corrected chi connectivity index (χ4v) is 2.45. The lowest BCUT2D eigenvalue weighted by molar-refractivity contribution is -0.156. The molecule has 4 atom stereocenters. The summed E-state index contributed by atoms with van der Waals surface area (Å²) in [6.07, 6.45) is 1.79. The van der Waals surface area contributed by atoms with Crippen molar-refractivity contribution in [1.29, 1.82) is 0 Å². The largest absolute Gasteiger partial charge is 0.460 e. The van der Waals surface area contributed by atoms with Crippen molar-refractivity contribution in [3.8, 4) is 0 Å². The molecule has 0 aromatic heterocycles. The van der Waals surface area contributed by atoms with Crippen LogP contribution in [0.2, 0.25) is 0 Å². The van der Waals surface area contributed by atoms with E-state index in [4.69, 9.17) is 4.74 Å². The number of carbonyl (C=O) groups excluding carboxylic acids is 1. The summed E-state index contributed by atoms with van der Waals surface area (Å²) in [5.41, 5.74) is -1.45. The minimum absolute atomic E-state index is 0.194. The summed E-state index contributed by atoms with van der Waals surface area (Å²) in [5.74, 6) is -0.845. The van der Waals surface area contributed by atoms with Crippen molar-refractivity contribution in [2.24, 2.45) is 5.92 Å². The van der Waals surface area contributed by atoms with Crippen LogP contribution < -0.4 is 0 Å². The molecule has 1 saturated heterocycles. The van der Waals surface area contributed by atoms with E-state index in [1.165, 1.54) is 6.08 Å². The first kappa shape index (κ1) is 9.68. The van der Waals surface area contributed by atoms with Crippen molar-refractivity contribution in [1.82, 2.24) is 0 Å². The summed E-state index contributed by atoms with van der Waals surface area (Å²) in [4.78, 5) is 11.4. The van der Waals surface area contributed by atoms with Crippen molar-refractivity contribution in [3.05, 3.63) is 12.7 Å². The Morgan fingerprint density at radius 1 is 1.64 bits per heavy atom. The third-order valence-electron chi connectivity index (χ3n) is 3.16. The number of carbonyl (C=O) groups is 1. The van der Waals surface area contributed by atoms with Gasteiger partial charge in [0.2, 0.25) is 0 Å². The molecule has 0 aromatic rings. The zero-order valence-corrected chi connectivity index (χ0v) is 7.85. The first-order valence-electron chi connectivity index (χ1n) is 4.80. The molecule has 4 unspecified atom stereocenters. The van der Waals surface area contributed by atoms with Crippen LogP contribution in [0, 0.1) is 5.92 Å². The Kier molecular flexibility index (Phi) is 2.12. The van der Waals surface area contributed by atoms with Gasteiger partial charge in [-0.2, -0.15) is 0 Å². The van der Waals surface area contributed by atoms with E-state index in [0.29, 0.717) is 12.8 Å². The molecule has 1 heterocycles. The number of ether oxygens (including phenoxy) is 1. The van der Waals surface area contributed by atoms with Gasteiger partial charge in [-0.05, 0) is 6.42 Å². The molecule has 0 amide bonds. The lowest BCUT2D eigenvalue weighted by atomic mass is 9.84. The molecular weight excluding hydrogens is 184 g/mol. The Morgan fingerprint density at radius 2 is 2.36 bits per heavy atom. The van der Waals surface area contributed by atoms with Crippen molar-refractivity contribution in [2.75, 3.05) is 0 Å². The molecule has 1 aliphatic carbocycles. The second-order valence-corrected chi connectivity index (χ2v) is 4.09. The summed E-state index contributed by atoms with van der Waals surface area (Å²) >= 11 is 0. The monoisotopic (exact) mass is 198 g/mol. The molecule has 4 nitrogen and oxygen atoms in total. The van der Waals surface area contributed by atoms with Crippen LogP contribution in [0.4, 0.5) is 0 Å². The summed E-state index contributed by atoms with van der Waals surface area (Å²) in [6.45, 7) is 3.51. The topological polar surface area (TPSA) is 66.8 Å². The average molecular weight is 198 g/mol. The fourth-order valence-electron chi connectivity index (χ4n) is 2.45. The molecule has 0 spiro atoms. The van der Waals surface area contributed by atoms with Crippen LogP contribution in [0.15, 0.2) is 12.7 Å². The summed E-state index contributed by atoms with van der Waals surface area (Å²) in [6, 6.07) is 0. The fraction of sp³-hybridized carbons (Fsp3) is 0.700. The predicted octanol–water partition coefficient (Wildman–Crippen LogP) is -0.0101. The molecule has 1 saturated carbocycles. The molecule has 2 aliphatic rings. The number of aliphatic hydroxyl groups is 2. The molecule has 0 bridgehead atoms. The first-order chi connectivity index (χ1) is 6.58. The molecule has 4 heteroatoms. The van der Waals surface area contributed by atoms with Gasteiger partial charge in [0.25, 0.3) is 0 Å². The predicted molar refractivity (Wildman–Crippen MR) is 48.4 cm³/mol. The van der Waals surface area contributed by atoms with Crippen molar-refractivity contribution < 1.29 is 19.7 Å². The van der Waals surface area contributed by atoms with Gasteiger partial charge in [0.05, 0.1) is 6.10 Å². The van der Waals surface area contributed by atoms with Gasteiger partial charge in [-0.25, -0.2) is 4.79 Å². The highest BCUT2D eigenvalue weighted by molar-refractivity contribution is 5.82. The number of rotatable bonds is 2. The van der Waals surface area contributed by atoms with Gasteiger partial charge < -0.3 is 14.9 Å². The van der Waals surface area contributed by atoms with Crippen LogP contribution in [-0.2, 0) is 9.53 Å². The Bertz CT molecular complexity index is 275. The van der Waals surface area contributed by atoms with Gasteiger partial charge in [0, 0.05) is 18.8 Å². The second kappa shape index (κ2) is 3.07. The van der Waals surface area contributed by atoms with Crippen LogP contribution in [0.1, 0.15) is 19.3 Å². The maximum Gasteiger partial charge on any atom is 0.339 e. The minimum Gasteiger partial charge on any atom is -0.460 e. The average Bonchev–Trinajstić information content (AvgIpc) is 2.55. The minimum atomic E-state index is -1.45. The molecule has 0 radical (unpaired) electrons. The van der Waals surface area contributed by atoms with Gasteiger partial charge in [-0.15, -0.1) is 6.58 Å². The van der Waals surface area contributed by atoms with E-state index in [1.54, 1.807) is 0 Å². The standard InChI is InChI=1S/C10H14O4/c1-2-3-10(13)7-4-6(11)5-8(7)14-9(10)12/h2,6-8,11,13H,1,3-5H2. The third-order valence-corrected chi connectivity index (χ3v) is 3.16. The number of aliphatic hydroxyl groups excluding tert-OH is 1. The lowest BCUT2D eigenvalue weighted by Gasteiger charge is -2.22. The Labute approximate surface area is 82.2 Å². The van der Waals surface area contributed by atoms with E-state index in [-0.39, 0.29) is 18.4 Å². The first-order valence-corrected chi connectivity index (χ1v) is 4.80. The molecule has 2 rings (SSSR count). The number of hydrogen-bond acceptors (Lipinski definition) is 4. The maximum atomic E-state index is 11.4. The van der Waals surface area contributed by atoms with Crippen molar-refractivity contribution in [2.45, 2.75) is 37.1 Å². The van der Waals surface area contributed by atoms with Gasteiger partial charge >= 0.3 is 5.97 Å². The highest BCUT2D eigenvalue weighted by Crippen LogP contribution is 2.44. The molecule has 2 N–H and O–H groups in total. The van der Waals surface area contributed by atoms with Gasteiger partial charge in [-0.1, -0.05) is 6.08 Å². The summed E-state index contributed by atoms with van der Waals surface area (Å²) < 4.78 is 5.03. The van der Waals surface area contributed by atoms with Crippen LogP contribution >= 0.6 is 0 Å². The van der Waals surface area contributed by atoms with E-state index >= 15 is 0 Å². The molecule has 0 aromatic carbocycles. The number of hydrogen-bond donors (Lipinski definition) is 2. The number of fused-ring (bicyclic) bond motifs is 1. The van der Waals surface area contributed by atoms with E-state index in [1.807, 2.05) is 0 Å². The molecule has 2 fully saturated rings. The van der Waals surface area contributed by atoms with Gasteiger partial charge in [0.1, 0.15) is 6.10 Å². The highest BCUT2D eigenvalue weighted by Gasteiger charge is 2.59.